The number of rotatable bonds is 4. The second-order valence-electron chi connectivity index (χ2n) is 5.74. The van der Waals surface area contributed by atoms with Gasteiger partial charge in [-0.25, -0.2) is 9.97 Å². The van der Waals surface area contributed by atoms with Crippen LogP contribution in [0.1, 0.15) is 27.9 Å². The van der Waals surface area contributed by atoms with E-state index in [1.807, 2.05) is 30.3 Å². The minimum Gasteiger partial charge on any atom is -0.293 e. The van der Waals surface area contributed by atoms with Gasteiger partial charge in [0.15, 0.2) is 5.78 Å². The van der Waals surface area contributed by atoms with Crippen molar-refractivity contribution in [2.75, 3.05) is 5.75 Å². The summed E-state index contributed by atoms with van der Waals surface area (Å²) in [7, 11) is 0. The molecule has 0 saturated heterocycles. The van der Waals surface area contributed by atoms with Crippen molar-refractivity contribution in [2.24, 2.45) is 0 Å². The Morgan fingerprint density at radius 3 is 2.87 bits per heavy atom. The fourth-order valence-electron chi connectivity index (χ4n) is 3.06. The number of carbonyl (C=O) groups is 1. The summed E-state index contributed by atoms with van der Waals surface area (Å²) in [5.74, 6) is 0.562. The van der Waals surface area contributed by atoms with Gasteiger partial charge in [0.1, 0.15) is 11.4 Å². The van der Waals surface area contributed by atoms with Crippen molar-refractivity contribution in [3.8, 4) is 0 Å². The Hall–Kier alpha value is -2.20. The number of aryl methyl sites for hydroxylation is 2. The summed E-state index contributed by atoms with van der Waals surface area (Å²) in [6, 6.07) is 14.0. The molecule has 0 aliphatic heterocycles. The van der Waals surface area contributed by atoms with E-state index in [4.69, 9.17) is 0 Å². The highest BCUT2D eigenvalue weighted by molar-refractivity contribution is 8.00. The van der Waals surface area contributed by atoms with Crippen molar-refractivity contribution in [3.63, 3.8) is 0 Å². The first-order valence-corrected chi connectivity index (χ1v) is 8.77. The largest absolute Gasteiger partial charge is 0.293 e. The fraction of sp³-hybridized carbons (Fsp3) is 0.211. The number of nitrogens with zero attached hydrogens (tertiary/aromatic N) is 2. The molecule has 1 aliphatic carbocycles. The summed E-state index contributed by atoms with van der Waals surface area (Å²) >= 11 is 1.49. The predicted molar refractivity (Wildman–Crippen MR) is 93.1 cm³/mol. The van der Waals surface area contributed by atoms with Gasteiger partial charge in [0.2, 0.25) is 0 Å². The molecule has 114 valence electrons. The van der Waals surface area contributed by atoms with E-state index in [0.717, 1.165) is 34.3 Å². The fourth-order valence-corrected chi connectivity index (χ4v) is 3.94. The van der Waals surface area contributed by atoms with Gasteiger partial charge in [-0.2, -0.15) is 0 Å². The van der Waals surface area contributed by atoms with E-state index in [0.29, 0.717) is 5.75 Å². The van der Waals surface area contributed by atoms with Gasteiger partial charge in [0.05, 0.1) is 11.3 Å². The molecule has 1 aliphatic rings. The molecule has 0 fully saturated rings. The Kier molecular flexibility index (Phi) is 3.83. The van der Waals surface area contributed by atoms with E-state index in [2.05, 4.69) is 22.1 Å². The van der Waals surface area contributed by atoms with Crippen LogP contribution in [-0.2, 0) is 12.8 Å². The molecule has 0 unspecified atom stereocenters. The Bertz CT molecular complexity index is 886. The molecule has 1 aromatic heterocycles. The highest BCUT2D eigenvalue weighted by atomic mass is 32.2. The summed E-state index contributed by atoms with van der Waals surface area (Å²) in [6.45, 7) is 0. The van der Waals surface area contributed by atoms with E-state index in [-0.39, 0.29) is 5.78 Å². The smallest absolute Gasteiger partial charge is 0.173 e. The number of ketones is 1. The summed E-state index contributed by atoms with van der Waals surface area (Å²) in [6.07, 6.45) is 5.00. The number of carbonyl (C=O) groups excluding carboxylic acids is 1. The number of aromatic nitrogens is 2. The van der Waals surface area contributed by atoms with Gasteiger partial charge in [-0.05, 0) is 42.5 Å². The van der Waals surface area contributed by atoms with Gasteiger partial charge in [0, 0.05) is 10.9 Å². The molecule has 3 aromatic rings. The lowest BCUT2D eigenvalue weighted by atomic mass is 10.0. The van der Waals surface area contributed by atoms with E-state index in [1.54, 1.807) is 6.33 Å². The molecule has 0 saturated carbocycles. The van der Waals surface area contributed by atoms with Gasteiger partial charge in [0.25, 0.3) is 0 Å². The minimum atomic E-state index is 0.160. The van der Waals surface area contributed by atoms with Crippen molar-refractivity contribution < 1.29 is 4.79 Å². The monoisotopic (exact) mass is 320 g/mol. The Morgan fingerprint density at radius 2 is 1.91 bits per heavy atom. The van der Waals surface area contributed by atoms with Crippen LogP contribution in [0.15, 0.2) is 53.8 Å². The van der Waals surface area contributed by atoms with Crippen molar-refractivity contribution in [2.45, 2.75) is 24.3 Å². The van der Waals surface area contributed by atoms with Crippen LogP contribution in [0.3, 0.4) is 0 Å². The standard InChI is InChI=1S/C19H16N2OS/c22-18(15-9-8-13-4-3-5-14(13)10-15)11-23-19-16-6-1-2-7-17(16)20-12-21-19/h1-2,6-10,12H,3-5,11H2. The van der Waals surface area contributed by atoms with Crippen LogP contribution < -0.4 is 0 Å². The van der Waals surface area contributed by atoms with Crippen LogP contribution >= 0.6 is 11.8 Å². The number of Topliss-reactive ketones (excluding diaryl/α,β-unsaturated/α-hetero) is 1. The molecule has 0 bridgehead atoms. The molecule has 0 amide bonds. The number of para-hydroxylation sites is 1. The molecule has 1 heterocycles. The molecule has 0 spiro atoms. The van der Waals surface area contributed by atoms with Crippen LogP contribution in [0.5, 0.6) is 0 Å². The Labute approximate surface area is 139 Å². The third-order valence-corrected chi connectivity index (χ3v) is 5.27. The molecule has 0 atom stereocenters. The van der Waals surface area contributed by atoms with Crippen LogP contribution in [0, 0.1) is 0 Å². The number of hydrogen-bond acceptors (Lipinski definition) is 4. The summed E-state index contributed by atoms with van der Waals surface area (Å²) in [5.41, 5.74) is 4.47. The number of benzene rings is 2. The number of fused-ring (bicyclic) bond motifs is 2. The zero-order valence-electron chi connectivity index (χ0n) is 12.7. The minimum absolute atomic E-state index is 0.160. The molecule has 23 heavy (non-hydrogen) atoms. The average molecular weight is 320 g/mol. The van der Waals surface area contributed by atoms with E-state index >= 15 is 0 Å². The van der Waals surface area contributed by atoms with Crippen molar-refractivity contribution >= 4 is 28.4 Å². The Balaban J connectivity index is 1.53. The van der Waals surface area contributed by atoms with Crippen LogP contribution in [0.4, 0.5) is 0 Å². The van der Waals surface area contributed by atoms with Gasteiger partial charge in [-0.3, -0.25) is 4.79 Å². The van der Waals surface area contributed by atoms with E-state index in [9.17, 15) is 4.79 Å². The summed E-state index contributed by atoms with van der Waals surface area (Å²) in [5, 5.41) is 1.87. The van der Waals surface area contributed by atoms with Crippen LogP contribution in [0.25, 0.3) is 10.9 Å². The van der Waals surface area contributed by atoms with Gasteiger partial charge >= 0.3 is 0 Å². The molecule has 0 N–H and O–H groups in total. The first kappa shape index (κ1) is 14.4. The Morgan fingerprint density at radius 1 is 1.04 bits per heavy atom. The summed E-state index contributed by atoms with van der Waals surface area (Å²) in [4.78, 5) is 21.1. The van der Waals surface area contributed by atoms with Crippen molar-refractivity contribution in [1.82, 2.24) is 9.97 Å². The highest BCUT2D eigenvalue weighted by Crippen LogP contribution is 2.26. The maximum absolute atomic E-state index is 12.5. The summed E-state index contributed by atoms with van der Waals surface area (Å²) < 4.78 is 0. The molecule has 4 rings (SSSR count). The quantitative estimate of drug-likeness (QED) is 0.412. The molecule has 2 aromatic carbocycles. The predicted octanol–water partition coefficient (Wildman–Crippen LogP) is 4.09. The van der Waals surface area contributed by atoms with E-state index < -0.39 is 0 Å². The van der Waals surface area contributed by atoms with Crippen molar-refractivity contribution in [1.29, 1.82) is 0 Å². The number of thioether (sulfide) groups is 1. The maximum atomic E-state index is 12.5. The maximum Gasteiger partial charge on any atom is 0.173 e. The topological polar surface area (TPSA) is 42.9 Å². The zero-order chi connectivity index (χ0) is 15.6. The second kappa shape index (κ2) is 6.13. The lowest BCUT2D eigenvalue weighted by Gasteiger charge is -2.06. The average Bonchev–Trinajstić information content (AvgIpc) is 3.07. The van der Waals surface area contributed by atoms with Crippen molar-refractivity contribution in [3.05, 3.63) is 65.5 Å². The van der Waals surface area contributed by atoms with Gasteiger partial charge < -0.3 is 0 Å². The molecule has 3 nitrogen and oxygen atoms in total. The molecular formula is C19H16N2OS. The van der Waals surface area contributed by atoms with Gasteiger partial charge in [-0.15, -0.1) is 0 Å². The lowest BCUT2D eigenvalue weighted by Crippen LogP contribution is -2.04. The first-order chi connectivity index (χ1) is 11.3. The molecular weight excluding hydrogens is 304 g/mol. The zero-order valence-corrected chi connectivity index (χ0v) is 13.5. The normalized spacial score (nSPS) is 13.2. The van der Waals surface area contributed by atoms with Crippen LogP contribution in [0.2, 0.25) is 0 Å². The molecule has 0 radical (unpaired) electrons. The van der Waals surface area contributed by atoms with Gasteiger partial charge in [-0.1, -0.05) is 42.1 Å². The number of hydrogen-bond donors (Lipinski definition) is 0. The molecule has 4 heteroatoms. The highest BCUT2D eigenvalue weighted by Gasteiger charge is 2.15. The first-order valence-electron chi connectivity index (χ1n) is 7.79. The SMILES string of the molecule is O=C(CSc1ncnc2ccccc12)c1ccc2c(c1)CCC2. The van der Waals surface area contributed by atoms with Crippen LogP contribution in [-0.4, -0.2) is 21.5 Å². The third kappa shape index (κ3) is 2.86. The van der Waals surface area contributed by atoms with E-state index in [1.165, 1.54) is 29.3 Å². The lowest BCUT2D eigenvalue weighted by molar-refractivity contribution is 0.102. The third-order valence-electron chi connectivity index (χ3n) is 4.27. The second-order valence-corrected chi connectivity index (χ2v) is 6.71.